The molecule has 1 aromatic rings. The molecule has 112 valence electrons. The van der Waals surface area contributed by atoms with Crippen molar-refractivity contribution in [2.45, 2.75) is 12.1 Å². The molecular formula is C12H18NO6P. The maximum absolute atomic E-state index is 12.4. The molecule has 1 unspecified atom stereocenters. The molecule has 20 heavy (non-hydrogen) atoms. The SMILES string of the molecule is O=C(O)[C@H](Cc1ccco1)P(=O)(O)CN1CCOCC1. The summed E-state index contributed by atoms with van der Waals surface area (Å²) in [7, 11) is -3.86. The van der Waals surface area contributed by atoms with Gasteiger partial charge in [0.1, 0.15) is 11.4 Å². The summed E-state index contributed by atoms with van der Waals surface area (Å²) in [5.41, 5.74) is -1.35. The van der Waals surface area contributed by atoms with Crippen LogP contribution in [0, 0.1) is 0 Å². The van der Waals surface area contributed by atoms with Gasteiger partial charge >= 0.3 is 5.97 Å². The number of carboxylic acid groups (broad SMARTS) is 1. The van der Waals surface area contributed by atoms with Crippen molar-refractivity contribution in [3.8, 4) is 0 Å². The van der Waals surface area contributed by atoms with Gasteiger partial charge in [-0.3, -0.25) is 14.3 Å². The number of ether oxygens (including phenoxy) is 1. The second-order valence-corrected chi connectivity index (χ2v) is 7.18. The van der Waals surface area contributed by atoms with Crippen LogP contribution >= 0.6 is 7.37 Å². The van der Waals surface area contributed by atoms with E-state index in [9.17, 15) is 19.4 Å². The molecule has 0 aliphatic carbocycles. The second kappa shape index (κ2) is 6.54. The number of rotatable bonds is 6. The fourth-order valence-electron chi connectivity index (χ4n) is 2.15. The van der Waals surface area contributed by atoms with Crippen LogP contribution in [0.1, 0.15) is 5.76 Å². The summed E-state index contributed by atoms with van der Waals surface area (Å²) < 4.78 is 22.6. The molecule has 0 bridgehead atoms. The zero-order valence-corrected chi connectivity index (χ0v) is 11.9. The Morgan fingerprint density at radius 2 is 2.15 bits per heavy atom. The number of furan rings is 1. The lowest BCUT2D eigenvalue weighted by molar-refractivity contribution is -0.136. The Bertz CT molecular complexity index is 482. The molecule has 1 aromatic heterocycles. The first-order valence-corrected chi connectivity index (χ1v) is 8.27. The van der Waals surface area contributed by atoms with Crippen molar-refractivity contribution in [3.63, 3.8) is 0 Å². The highest BCUT2D eigenvalue weighted by Crippen LogP contribution is 2.48. The normalized spacial score (nSPS) is 21.2. The Morgan fingerprint density at radius 1 is 1.45 bits per heavy atom. The van der Waals surface area contributed by atoms with Crippen molar-refractivity contribution in [2.24, 2.45) is 0 Å². The molecule has 1 fully saturated rings. The van der Waals surface area contributed by atoms with Crippen molar-refractivity contribution >= 4 is 13.3 Å². The molecule has 0 aromatic carbocycles. The average molecular weight is 303 g/mol. The smallest absolute Gasteiger partial charge is 0.316 e. The van der Waals surface area contributed by atoms with E-state index in [-0.39, 0.29) is 12.7 Å². The van der Waals surface area contributed by atoms with Crippen molar-refractivity contribution < 1.29 is 28.5 Å². The summed E-state index contributed by atoms with van der Waals surface area (Å²) in [6.45, 7) is 2.07. The average Bonchev–Trinajstić information content (AvgIpc) is 2.89. The zero-order chi connectivity index (χ0) is 14.6. The molecule has 2 atom stereocenters. The summed E-state index contributed by atoms with van der Waals surface area (Å²) >= 11 is 0. The van der Waals surface area contributed by atoms with E-state index >= 15 is 0 Å². The van der Waals surface area contributed by atoms with Crippen molar-refractivity contribution in [1.29, 1.82) is 0 Å². The molecule has 2 N–H and O–H groups in total. The highest BCUT2D eigenvalue weighted by atomic mass is 31.2. The zero-order valence-electron chi connectivity index (χ0n) is 11.0. The number of hydrogen-bond acceptors (Lipinski definition) is 5. The Kier molecular flexibility index (Phi) is 4.99. The Labute approximate surface area is 116 Å². The van der Waals surface area contributed by atoms with Crippen molar-refractivity contribution in [2.75, 3.05) is 32.6 Å². The van der Waals surface area contributed by atoms with Crippen LogP contribution in [0.15, 0.2) is 22.8 Å². The topological polar surface area (TPSA) is 100 Å². The lowest BCUT2D eigenvalue weighted by Gasteiger charge is -2.30. The van der Waals surface area contributed by atoms with Gasteiger partial charge in [0, 0.05) is 19.5 Å². The minimum Gasteiger partial charge on any atom is -0.481 e. The molecule has 8 heteroatoms. The number of aliphatic carboxylic acids is 1. The van der Waals surface area contributed by atoms with Gasteiger partial charge in [0.2, 0.25) is 7.37 Å². The van der Waals surface area contributed by atoms with Gasteiger partial charge in [0.05, 0.1) is 25.8 Å². The van der Waals surface area contributed by atoms with E-state index in [0.717, 1.165) is 0 Å². The Morgan fingerprint density at radius 3 is 2.70 bits per heavy atom. The second-order valence-electron chi connectivity index (χ2n) is 4.76. The molecular weight excluding hydrogens is 285 g/mol. The summed E-state index contributed by atoms with van der Waals surface area (Å²) in [4.78, 5) is 23.2. The first-order valence-electron chi connectivity index (χ1n) is 6.36. The lowest BCUT2D eigenvalue weighted by atomic mass is 10.2. The van der Waals surface area contributed by atoms with Crippen molar-refractivity contribution in [1.82, 2.24) is 4.90 Å². The summed E-state index contributed by atoms with van der Waals surface area (Å²) in [5, 5.41) is 9.22. The maximum atomic E-state index is 12.4. The molecule has 0 amide bonds. The molecule has 1 aliphatic rings. The van der Waals surface area contributed by atoms with Crippen LogP contribution in [0.25, 0.3) is 0 Å². The van der Waals surface area contributed by atoms with Crippen LogP contribution in [0.4, 0.5) is 0 Å². The Hall–Kier alpha value is -1.14. The Balaban J connectivity index is 2.05. The molecule has 1 aliphatic heterocycles. The van der Waals surface area contributed by atoms with E-state index in [2.05, 4.69) is 0 Å². The van der Waals surface area contributed by atoms with E-state index in [0.29, 0.717) is 32.1 Å². The molecule has 0 saturated carbocycles. The summed E-state index contributed by atoms with van der Waals surface area (Å²) in [6.07, 6.45) is 1.20. The summed E-state index contributed by atoms with van der Waals surface area (Å²) in [5.74, 6) is -0.880. The van der Waals surface area contributed by atoms with Gasteiger partial charge in [-0.1, -0.05) is 0 Å². The summed E-state index contributed by atoms with van der Waals surface area (Å²) in [6, 6.07) is 3.23. The van der Waals surface area contributed by atoms with E-state index in [1.807, 2.05) is 0 Å². The predicted octanol–water partition coefficient (Wildman–Crippen LogP) is 0.835. The van der Waals surface area contributed by atoms with Crippen LogP contribution in [0.5, 0.6) is 0 Å². The lowest BCUT2D eigenvalue weighted by Crippen LogP contribution is -2.39. The van der Waals surface area contributed by atoms with Gasteiger partial charge in [0.15, 0.2) is 0 Å². The molecule has 0 radical (unpaired) electrons. The third-order valence-corrected chi connectivity index (χ3v) is 5.44. The highest BCUT2D eigenvalue weighted by Gasteiger charge is 2.39. The number of carbonyl (C=O) groups is 1. The predicted molar refractivity (Wildman–Crippen MR) is 70.9 cm³/mol. The largest absolute Gasteiger partial charge is 0.481 e. The van der Waals surface area contributed by atoms with E-state index in [1.54, 1.807) is 17.0 Å². The molecule has 2 heterocycles. The number of nitrogens with zero attached hydrogens (tertiary/aromatic N) is 1. The van der Waals surface area contributed by atoms with Gasteiger partial charge < -0.3 is 19.2 Å². The fourth-order valence-corrected chi connectivity index (χ4v) is 4.01. The molecule has 2 rings (SSSR count). The van der Waals surface area contributed by atoms with Gasteiger partial charge in [-0.2, -0.15) is 0 Å². The third kappa shape index (κ3) is 3.93. The molecule has 7 nitrogen and oxygen atoms in total. The van der Waals surface area contributed by atoms with Gasteiger partial charge in [0.25, 0.3) is 0 Å². The fraction of sp³-hybridized carbons (Fsp3) is 0.583. The van der Waals surface area contributed by atoms with Crippen LogP contribution in [0.3, 0.4) is 0 Å². The van der Waals surface area contributed by atoms with E-state index in [1.165, 1.54) is 6.26 Å². The van der Waals surface area contributed by atoms with Crippen LogP contribution in [-0.4, -0.2) is 59.1 Å². The van der Waals surface area contributed by atoms with E-state index < -0.39 is 19.0 Å². The number of carboxylic acids is 1. The van der Waals surface area contributed by atoms with Crippen LogP contribution in [0.2, 0.25) is 0 Å². The van der Waals surface area contributed by atoms with Gasteiger partial charge in [-0.05, 0) is 12.1 Å². The highest BCUT2D eigenvalue weighted by molar-refractivity contribution is 7.59. The van der Waals surface area contributed by atoms with Crippen LogP contribution in [-0.2, 0) is 20.5 Å². The molecule has 0 spiro atoms. The number of morpholine rings is 1. The molecule has 1 saturated heterocycles. The first kappa shape index (κ1) is 15.3. The third-order valence-electron chi connectivity index (χ3n) is 3.25. The first-order chi connectivity index (χ1) is 9.49. The van der Waals surface area contributed by atoms with Gasteiger partial charge in [-0.15, -0.1) is 0 Å². The van der Waals surface area contributed by atoms with Gasteiger partial charge in [-0.25, -0.2) is 0 Å². The van der Waals surface area contributed by atoms with E-state index in [4.69, 9.17) is 9.15 Å². The minimum absolute atomic E-state index is 0.0829. The van der Waals surface area contributed by atoms with Crippen molar-refractivity contribution in [3.05, 3.63) is 24.2 Å². The van der Waals surface area contributed by atoms with Crippen LogP contribution < -0.4 is 0 Å². The monoisotopic (exact) mass is 303 g/mol. The standard InChI is InChI=1S/C12H18NO6P/c14-12(15)11(8-10-2-1-5-19-10)20(16,17)9-13-3-6-18-7-4-13/h1-2,5,11H,3-4,6-9H2,(H,14,15)(H,16,17)/t11-/m0/s1. The quantitative estimate of drug-likeness (QED) is 0.751. The minimum atomic E-state index is -3.86. The maximum Gasteiger partial charge on any atom is 0.316 e. The number of hydrogen-bond donors (Lipinski definition) is 2.